The number of hydrogen-bond acceptors (Lipinski definition) is 4. The summed E-state index contributed by atoms with van der Waals surface area (Å²) in [6.45, 7) is 10.9. The number of ether oxygens (including phenoxy) is 2. The highest BCUT2D eigenvalue weighted by Gasteiger charge is 2.54. The van der Waals surface area contributed by atoms with Gasteiger partial charge in [0, 0.05) is 12.8 Å². The molecular formula is C18H30O4Si. The Morgan fingerprint density at radius 1 is 1.17 bits per heavy atom. The molecule has 0 radical (unpaired) electrons. The van der Waals surface area contributed by atoms with Crippen LogP contribution in [0, 0.1) is 0 Å². The van der Waals surface area contributed by atoms with Gasteiger partial charge in [-0.15, -0.1) is 0 Å². The fourth-order valence-corrected chi connectivity index (χ4v) is 4.67. The summed E-state index contributed by atoms with van der Waals surface area (Å²) in [5.74, 6) is -0.468. The predicted octanol–water partition coefficient (Wildman–Crippen LogP) is 3.96. The minimum Gasteiger partial charge on any atom is -0.404 e. The van der Waals surface area contributed by atoms with E-state index in [0.29, 0.717) is 0 Å². The van der Waals surface area contributed by atoms with Crippen molar-refractivity contribution in [3.05, 3.63) is 12.2 Å². The van der Waals surface area contributed by atoms with E-state index < -0.39 is 20.2 Å². The van der Waals surface area contributed by atoms with E-state index in [0.717, 1.165) is 25.7 Å². The van der Waals surface area contributed by atoms with Gasteiger partial charge in [-0.25, -0.2) is 0 Å². The molecule has 1 aliphatic heterocycles. The van der Waals surface area contributed by atoms with Crippen molar-refractivity contribution in [1.29, 1.82) is 0 Å². The zero-order chi connectivity index (χ0) is 16.9. The van der Waals surface area contributed by atoms with Crippen molar-refractivity contribution in [2.75, 3.05) is 0 Å². The van der Waals surface area contributed by atoms with Crippen molar-refractivity contribution in [1.82, 2.24) is 0 Å². The molecule has 3 atom stereocenters. The molecule has 5 heteroatoms. The molecule has 23 heavy (non-hydrogen) atoms. The van der Waals surface area contributed by atoms with Crippen molar-refractivity contribution in [2.45, 2.75) is 95.1 Å². The van der Waals surface area contributed by atoms with E-state index >= 15 is 0 Å². The van der Waals surface area contributed by atoms with Crippen molar-refractivity contribution in [3.8, 4) is 0 Å². The van der Waals surface area contributed by atoms with Crippen LogP contribution >= 0.6 is 0 Å². The first-order valence-electron chi connectivity index (χ1n) is 8.89. The molecule has 1 spiro atoms. The molecule has 0 aromatic carbocycles. The minimum atomic E-state index is -2.05. The maximum absolute atomic E-state index is 12.5. The molecule has 130 valence electrons. The summed E-state index contributed by atoms with van der Waals surface area (Å²) >= 11 is 0. The Bertz CT molecular complexity index is 500. The van der Waals surface area contributed by atoms with E-state index in [9.17, 15) is 4.79 Å². The number of fused-ring (bicyclic) bond motifs is 1. The zero-order valence-electron chi connectivity index (χ0n) is 15.1. The van der Waals surface area contributed by atoms with Crippen molar-refractivity contribution in [3.63, 3.8) is 0 Å². The molecule has 4 nitrogen and oxygen atoms in total. The molecule has 1 saturated heterocycles. The van der Waals surface area contributed by atoms with Gasteiger partial charge in [0.05, 0.1) is 0 Å². The van der Waals surface area contributed by atoms with E-state index in [-0.39, 0.29) is 23.0 Å². The van der Waals surface area contributed by atoms with E-state index in [2.05, 4.69) is 33.9 Å². The van der Waals surface area contributed by atoms with Gasteiger partial charge in [-0.2, -0.15) is 0 Å². The topological polar surface area (TPSA) is 44.8 Å². The van der Waals surface area contributed by atoms with Gasteiger partial charge in [0.15, 0.2) is 19.9 Å². The third-order valence-electron chi connectivity index (χ3n) is 5.90. The summed E-state index contributed by atoms with van der Waals surface area (Å²) in [7, 11) is -2.05. The van der Waals surface area contributed by atoms with Crippen LogP contribution in [0.15, 0.2) is 12.2 Å². The molecular weight excluding hydrogens is 308 g/mol. The minimum absolute atomic E-state index is 0.0209. The Morgan fingerprint density at radius 2 is 1.83 bits per heavy atom. The maximum atomic E-state index is 12.5. The van der Waals surface area contributed by atoms with Crippen LogP contribution in [0.25, 0.3) is 0 Å². The summed E-state index contributed by atoms with van der Waals surface area (Å²) in [5, 5.41) is 0.0614. The first-order valence-corrected chi connectivity index (χ1v) is 11.8. The number of hydrogen-bond donors (Lipinski definition) is 0. The van der Waals surface area contributed by atoms with Crippen LogP contribution in [0.1, 0.15) is 52.9 Å². The van der Waals surface area contributed by atoms with Crippen LogP contribution in [-0.2, 0) is 18.7 Å². The molecule has 3 rings (SSSR count). The Balaban J connectivity index is 1.80. The number of ketones is 1. The summed E-state index contributed by atoms with van der Waals surface area (Å²) in [4.78, 5) is 12.5. The second-order valence-electron chi connectivity index (χ2n) is 8.70. The molecule has 0 aromatic heterocycles. The SMILES string of the molecule is CC(C)(C)[Si](C)(C)O[C@H]1C(=O)C=C[C@@H]2OC3(CCCCC3)O[C@@H]21. The predicted molar refractivity (Wildman–Crippen MR) is 91.8 cm³/mol. The van der Waals surface area contributed by atoms with Crippen molar-refractivity contribution in [2.24, 2.45) is 0 Å². The standard InChI is InChI=1S/C18H30O4Si/c1-17(2,3)23(4,5)22-15-13(19)9-10-14-16(15)21-18(20-14)11-7-6-8-12-18/h9-10,14-16H,6-8,11-12H2,1-5H3/t14-,15-,16-/m0/s1. The van der Waals surface area contributed by atoms with Crippen LogP contribution in [0.3, 0.4) is 0 Å². The third kappa shape index (κ3) is 3.21. The molecule has 3 aliphatic rings. The van der Waals surface area contributed by atoms with E-state index in [4.69, 9.17) is 13.9 Å². The summed E-state index contributed by atoms with van der Waals surface area (Å²) in [5.41, 5.74) is 0. The average Bonchev–Trinajstić information content (AvgIpc) is 2.80. The highest BCUT2D eigenvalue weighted by molar-refractivity contribution is 6.74. The quantitative estimate of drug-likeness (QED) is 0.715. The van der Waals surface area contributed by atoms with Gasteiger partial charge in [-0.05, 0) is 43.1 Å². The average molecular weight is 339 g/mol. The van der Waals surface area contributed by atoms with Gasteiger partial charge >= 0.3 is 0 Å². The molecule has 0 aromatic rings. The van der Waals surface area contributed by atoms with E-state index in [1.54, 1.807) is 6.08 Å². The first kappa shape index (κ1) is 17.3. The lowest BCUT2D eigenvalue weighted by molar-refractivity contribution is -0.196. The van der Waals surface area contributed by atoms with Gasteiger partial charge in [0.2, 0.25) is 0 Å². The van der Waals surface area contributed by atoms with Crippen LogP contribution in [0.2, 0.25) is 18.1 Å². The maximum Gasteiger partial charge on any atom is 0.193 e. The van der Waals surface area contributed by atoms with E-state index in [1.807, 2.05) is 6.08 Å². The number of rotatable bonds is 2. The Labute approximate surface area is 140 Å². The van der Waals surface area contributed by atoms with Gasteiger partial charge in [-0.1, -0.05) is 27.2 Å². The molecule has 0 bridgehead atoms. The lowest BCUT2D eigenvalue weighted by Gasteiger charge is -2.41. The second kappa shape index (κ2) is 5.79. The Hall–Kier alpha value is -0.493. The third-order valence-corrected chi connectivity index (χ3v) is 10.4. The van der Waals surface area contributed by atoms with Crippen LogP contribution < -0.4 is 0 Å². The molecule has 1 saturated carbocycles. The monoisotopic (exact) mass is 338 g/mol. The summed E-state index contributed by atoms with van der Waals surface area (Å²) in [6.07, 6.45) is 7.88. The second-order valence-corrected chi connectivity index (χ2v) is 13.5. The lowest BCUT2D eigenvalue weighted by Crippen LogP contribution is -2.53. The van der Waals surface area contributed by atoms with Gasteiger partial charge < -0.3 is 13.9 Å². The van der Waals surface area contributed by atoms with Gasteiger partial charge in [-0.3, -0.25) is 4.79 Å². The normalized spacial score (nSPS) is 34.0. The fourth-order valence-electron chi connectivity index (χ4n) is 3.43. The largest absolute Gasteiger partial charge is 0.404 e. The molecule has 0 amide bonds. The molecule has 0 N–H and O–H groups in total. The van der Waals surface area contributed by atoms with E-state index in [1.165, 1.54) is 6.42 Å². The molecule has 0 unspecified atom stereocenters. The molecule has 2 aliphatic carbocycles. The molecule has 1 heterocycles. The van der Waals surface area contributed by atoms with Crippen LogP contribution in [0.4, 0.5) is 0 Å². The fraction of sp³-hybridized carbons (Fsp3) is 0.833. The van der Waals surface area contributed by atoms with Gasteiger partial charge in [0.25, 0.3) is 0 Å². The zero-order valence-corrected chi connectivity index (χ0v) is 16.1. The Kier molecular flexibility index (Phi) is 4.37. The Morgan fingerprint density at radius 3 is 2.43 bits per heavy atom. The lowest BCUT2D eigenvalue weighted by atomic mass is 9.94. The van der Waals surface area contributed by atoms with Crippen LogP contribution in [-0.4, -0.2) is 38.2 Å². The molecule has 2 fully saturated rings. The highest BCUT2D eigenvalue weighted by Crippen LogP contribution is 2.45. The van der Waals surface area contributed by atoms with Gasteiger partial charge in [0.1, 0.15) is 18.3 Å². The van der Waals surface area contributed by atoms with Crippen molar-refractivity contribution < 1.29 is 18.7 Å². The summed E-state index contributed by atoms with van der Waals surface area (Å²) < 4.78 is 19.0. The van der Waals surface area contributed by atoms with Crippen LogP contribution in [0.5, 0.6) is 0 Å². The smallest absolute Gasteiger partial charge is 0.193 e. The first-order chi connectivity index (χ1) is 10.6. The highest BCUT2D eigenvalue weighted by atomic mass is 28.4. The summed E-state index contributed by atoms with van der Waals surface area (Å²) in [6, 6.07) is 0. The number of carbonyl (C=O) groups is 1. The number of carbonyl (C=O) groups excluding carboxylic acids is 1. The van der Waals surface area contributed by atoms with Crippen molar-refractivity contribution >= 4 is 14.1 Å².